The van der Waals surface area contributed by atoms with E-state index in [2.05, 4.69) is 22.0 Å². The minimum absolute atomic E-state index is 0.113. The van der Waals surface area contributed by atoms with Gasteiger partial charge < -0.3 is 10.5 Å². The highest BCUT2D eigenvalue weighted by Crippen LogP contribution is 2.31. The molecule has 0 saturated heterocycles. The number of anilines is 1. The molecule has 106 valence electrons. The highest BCUT2D eigenvalue weighted by molar-refractivity contribution is 9.10. The molecule has 2 N–H and O–H groups in total. The minimum Gasteiger partial charge on any atom is -0.486 e. The molecule has 0 radical (unpaired) electrons. The number of benzene rings is 2. The Morgan fingerprint density at radius 1 is 1.33 bits per heavy atom. The third-order valence-electron chi connectivity index (χ3n) is 2.93. The molecule has 2 aromatic rings. The second-order valence-electron chi connectivity index (χ2n) is 4.53. The van der Waals surface area contributed by atoms with Crippen LogP contribution in [0.4, 0.5) is 5.69 Å². The maximum atomic E-state index is 11.7. The Hall–Kier alpha value is -2.32. The Labute approximate surface area is 131 Å². The van der Waals surface area contributed by atoms with Crippen molar-refractivity contribution in [2.24, 2.45) is 0 Å². The third kappa shape index (κ3) is 3.61. The fraction of sp³-hybridized carbons (Fsp3) is 0.125. The fourth-order valence-electron chi connectivity index (χ4n) is 1.87. The molecule has 0 amide bonds. The highest BCUT2D eigenvalue weighted by Gasteiger charge is 2.13. The molecule has 0 fully saturated rings. The van der Waals surface area contributed by atoms with Crippen molar-refractivity contribution >= 4 is 27.4 Å². The minimum atomic E-state index is -0.113. The lowest BCUT2D eigenvalue weighted by atomic mass is 10.1. The van der Waals surface area contributed by atoms with Gasteiger partial charge in [-0.1, -0.05) is 28.1 Å². The first-order valence-electron chi connectivity index (χ1n) is 6.23. The molecule has 5 heteroatoms. The van der Waals surface area contributed by atoms with Gasteiger partial charge in [0.1, 0.15) is 6.61 Å². The molecular formula is C16H13BrN2O2. The molecule has 0 aromatic heterocycles. The first-order valence-corrected chi connectivity index (χ1v) is 7.02. The predicted molar refractivity (Wildman–Crippen MR) is 84.0 cm³/mol. The van der Waals surface area contributed by atoms with Crippen molar-refractivity contribution in [2.45, 2.75) is 13.5 Å². The van der Waals surface area contributed by atoms with Crippen LogP contribution in [0.15, 0.2) is 40.9 Å². The fourth-order valence-corrected chi connectivity index (χ4v) is 2.34. The van der Waals surface area contributed by atoms with E-state index in [1.54, 1.807) is 36.4 Å². The van der Waals surface area contributed by atoms with E-state index in [-0.39, 0.29) is 12.4 Å². The molecule has 4 nitrogen and oxygen atoms in total. The molecule has 2 rings (SSSR count). The van der Waals surface area contributed by atoms with Gasteiger partial charge in [-0.05, 0) is 36.8 Å². The zero-order valence-electron chi connectivity index (χ0n) is 11.4. The van der Waals surface area contributed by atoms with Crippen molar-refractivity contribution in [3.05, 3.63) is 57.6 Å². The SMILES string of the molecule is CC(=O)c1cc(Br)cc(N)c1OCc1ccc(C#N)cc1. The molecular weight excluding hydrogens is 332 g/mol. The number of nitrogens with zero attached hydrogens (tertiary/aromatic N) is 1. The average molecular weight is 345 g/mol. The summed E-state index contributed by atoms with van der Waals surface area (Å²) in [6.45, 7) is 1.74. The maximum absolute atomic E-state index is 11.7. The van der Waals surface area contributed by atoms with Gasteiger partial charge in [0.25, 0.3) is 0 Å². The number of Topliss-reactive ketones (excluding diaryl/α,β-unsaturated/α-hetero) is 1. The van der Waals surface area contributed by atoms with Gasteiger partial charge in [0.2, 0.25) is 0 Å². The molecule has 0 saturated carbocycles. The molecule has 0 atom stereocenters. The van der Waals surface area contributed by atoms with Gasteiger partial charge in [-0.3, -0.25) is 4.79 Å². The summed E-state index contributed by atoms with van der Waals surface area (Å²) in [5.74, 6) is 0.271. The van der Waals surface area contributed by atoms with E-state index < -0.39 is 0 Å². The largest absolute Gasteiger partial charge is 0.486 e. The molecule has 0 bridgehead atoms. The number of nitrogen functional groups attached to an aromatic ring is 1. The van der Waals surface area contributed by atoms with Crippen LogP contribution in [0, 0.1) is 11.3 Å². The topological polar surface area (TPSA) is 76.1 Å². The molecule has 2 aromatic carbocycles. The Morgan fingerprint density at radius 2 is 2.00 bits per heavy atom. The van der Waals surface area contributed by atoms with Crippen LogP contribution in [-0.4, -0.2) is 5.78 Å². The van der Waals surface area contributed by atoms with Crippen molar-refractivity contribution in [2.75, 3.05) is 5.73 Å². The lowest BCUT2D eigenvalue weighted by Crippen LogP contribution is -2.05. The second kappa shape index (κ2) is 6.42. The Morgan fingerprint density at radius 3 is 2.57 bits per heavy atom. The number of carbonyl (C=O) groups excluding carboxylic acids is 1. The molecule has 0 aliphatic carbocycles. The number of nitrogens with two attached hydrogens (primary N) is 1. The number of hydrogen-bond donors (Lipinski definition) is 1. The van der Waals surface area contributed by atoms with Crippen LogP contribution >= 0.6 is 15.9 Å². The summed E-state index contributed by atoms with van der Waals surface area (Å²) in [5, 5.41) is 8.76. The molecule has 0 unspecified atom stereocenters. The summed E-state index contributed by atoms with van der Waals surface area (Å²) in [5.41, 5.74) is 8.25. The molecule has 0 heterocycles. The number of rotatable bonds is 4. The van der Waals surface area contributed by atoms with Crippen molar-refractivity contribution in [3.8, 4) is 11.8 Å². The van der Waals surface area contributed by atoms with Gasteiger partial charge in [-0.15, -0.1) is 0 Å². The maximum Gasteiger partial charge on any atom is 0.163 e. The van der Waals surface area contributed by atoms with E-state index in [0.29, 0.717) is 22.6 Å². The zero-order chi connectivity index (χ0) is 15.4. The number of ether oxygens (including phenoxy) is 1. The van der Waals surface area contributed by atoms with Crippen LogP contribution in [0.2, 0.25) is 0 Å². The number of nitriles is 1. The normalized spacial score (nSPS) is 9.95. The molecule has 0 aliphatic rings. The van der Waals surface area contributed by atoms with Crippen LogP contribution in [0.3, 0.4) is 0 Å². The Bertz CT molecular complexity index is 718. The van der Waals surface area contributed by atoms with Gasteiger partial charge >= 0.3 is 0 Å². The average Bonchev–Trinajstić information content (AvgIpc) is 2.46. The van der Waals surface area contributed by atoms with Gasteiger partial charge in [0.15, 0.2) is 11.5 Å². The van der Waals surface area contributed by atoms with E-state index in [9.17, 15) is 4.79 Å². The third-order valence-corrected chi connectivity index (χ3v) is 3.39. The predicted octanol–water partition coefficient (Wildman–Crippen LogP) is 3.68. The van der Waals surface area contributed by atoms with Crippen molar-refractivity contribution in [3.63, 3.8) is 0 Å². The number of halogens is 1. The second-order valence-corrected chi connectivity index (χ2v) is 5.44. The number of carbonyl (C=O) groups is 1. The van der Waals surface area contributed by atoms with Crippen molar-refractivity contribution < 1.29 is 9.53 Å². The van der Waals surface area contributed by atoms with Gasteiger partial charge in [-0.25, -0.2) is 0 Å². The Balaban J connectivity index is 2.23. The summed E-state index contributed by atoms with van der Waals surface area (Å²) >= 11 is 3.31. The smallest absolute Gasteiger partial charge is 0.163 e. The lowest BCUT2D eigenvalue weighted by Gasteiger charge is -2.13. The van der Waals surface area contributed by atoms with Crippen molar-refractivity contribution in [1.82, 2.24) is 0 Å². The van der Waals surface area contributed by atoms with E-state index in [0.717, 1.165) is 10.0 Å². The molecule has 21 heavy (non-hydrogen) atoms. The quantitative estimate of drug-likeness (QED) is 0.677. The summed E-state index contributed by atoms with van der Waals surface area (Å²) in [7, 11) is 0. The van der Waals surface area contributed by atoms with E-state index in [1.165, 1.54) is 6.92 Å². The summed E-state index contributed by atoms with van der Waals surface area (Å²) in [6.07, 6.45) is 0. The summed E-state index contributed by atoms with van der Waals surface area (Å²) < 4.78 is 6.43. The zero-order valence-corrected chi connectivity index (χ0v) is 13.0. The van der Waals surface area contributed by atoms with Gasteiger partial charge in [0, 0.05) is 4.47 Å². The standard InChI is InChI=1S/C16H13BrN2O2/c1-10(20)14-6-13(17)7-15(19)16(14)21-9-12-4-2-11(8-18)3-5-12/h2-7H,9,19H2,1H3. The number of ketones is 1. The lowest BCUT2D eigenvalue weighted by molar-refractivity contribution is 0.101. The summed E-state index contributed by atoms with van der Waals surface area (Å²) in [6, 6.07) is 12.5. The van der Waals surface area contributed by atoms with Gasteiger partial charge in [-0.2, -0.15) is 5.26 Å². The molecule has 0 spiro atoms. The summed E-state index contributed by atoms with van der Waals surface area (Å²) in [4.78, 5) is 11.7. The van der Waals surface area contributed by atoms with Crippen molar-refractivity contribution in [1.29, 1.82) is 5.26 Å². The van der Waals surface area contributed by atoms with E-state index in [4.69, 9.17) is 15.7 Å². The highest BCUT2D eigenvalue weighted by atomic mass is 79.9. The van der Waals surface area contributed by atoms with Gasteiger partial charge in [0.05, 0.1) is 22.9 Å². The molecule has 0 aliphatic heterocycles. The Kier molecular flexibility index (Phi) is 4.61. The van der Waals surface area contributed by atoms with Crippen LogP contribution in [0.1, 0.15) is 28.4 Å². The van der Waals surface area contributed by atoms with Crippen LogP contribution in [0.25, 0.3) is 0 Å². The van der Waals surface area contributed by atoms with Crippen LogP contribution in [0.5, 0.6) is 5.75 Å². The van der Waals surface area contributed by atoms with Crippen LogP contribution in [-0.2, 0) is 6.61 Å². The van der Waals surface area contributed by atoms with E-state index in [1.807, 2.05) is 0 Å². The number of hydrogen-bond acceptors (Lipinski definition) is 4. The monoisotopic (exact) mass is 344 g/mol. The van der Waals surface area contributed by atoms with Crippen LogP contribution < -0.4 is 10.5 Å². The first-order chi connectivity index (χ1) is 10.0. The van der Waals surface area contributed by atoms with E-state index >= 15 is 0 Å². The first kappa shape index (κ1) is 15.1.